The lowest BCUT2D eigenvalue weighted by Crippen LogP contribution is -2.16. The fourth-order valence-corrected chi connectivity index (χ4v) is 3.40. The third kappa shape index (κ3) is 4.64. The molecule has 0 atom stereocenters. The molecule has 4 rings (SSSR count). The van der Waals surface area contributed by atoms with E-state index in [1.165, 1.54) is 11.8 Å². The SMILES string of the molecule is O=C(CSc1nc2ccccc2c(=O)[nH]1)Nc1ccccc1Oc1ccccc1. The number of benzene rings is 3. The van der Waals surface area contributed by atoms with Gasteiger partial charge in [-0.15, -0.1) is 0 Å². The number of nitrogens with zero attached hydrogens (tertiary/aromatic N) is 1. The van der Waals surface area contributed by atoms with Crippen LogP contribution in [0.15, 0.2) is 88.8 Å². The van der Waals surface area contributed by atoms with Crippen LogP contribution in [-0.4, -0.2) is 21.6 Å². The summed E-state index contributed by atoms with van der Waals surface area (Å²) in [4.78, 5) is 31.7. The summed E-state index contributed by atoms with van der Waals surface area (Å²) < 4.78 is 5.86. The molecule has 0 aliphatic rings. The Kier molecular flexibility index (Phi) is 5.58. The number of H-pyrrole nitrogens is 1. The monoisotopic (exact) mass is 403 g/mol. The van der Waals surface area contributed by atoms with E-state index in [1.54, 1.807) is 30.3 Å². The molecule has 0 saturated heterocycles. The molecule has 144 valence electrons. The van der Waals surface area contributed by atoms with Crippen LogP contribution in [0.5, 0.6) is 11.5 Å². The second-order valence-electron chi connectivity index (χ2n) is 6.14. The molecular formula is C22H17N3O3S. The predicted octanol–water partition coefficient (Wildman–Crippen LogP) is 4.45. The zero-order valence-corrected chi connectivity index (χ0v) is 16.1. The molecule has 2 N–H and O–H groups in total. The quantitative estimate of drug-likeness (QED) is 0.367. The van der Waals surface area contributed by atoms with E-state index in [-0.39, 0.29) is 17.2 Å². The molecule has 0 saturated carbocycles. The highest BCUT2D eigenvalue weighted by Gasteiger charge is 2.11. The number of amides is 1. The maximum absolute atomic E-state index is 12.4. The molecule has 1 amide bonds. The largest absolute Gasteiger partial charge is 0.455 e. The minimum atomic E-state index is -0.227. The summed E-state index contributed by atoms with van der Waals surface area (Å²) in [7, 11) is 0. The second-order valence-corrected chi connectivity index (χ2v) is 7.10. The Bertz CT molecular complexity index is 1210. The molecule has 0 aliphatic heterocycles. The average Bonchev–Trinajstić information content (AvgIpc) is 2.74. The zero-order valence-electron chi connectivity index (χ0n) is 15.3. The number of carbonyl (C=O) groups excluding carboxylic acids is 1. The van der Waals surface area contributed by atoms with E-state index in [0.717, 1.165) is 0 Å². The van der Waals surface area contributed by atoms with Crippen molar-refractivity contribution in [1.29, 1.82) is 0 Å². The van der Waals surface area contributed by atoms with Gasteiger partial charge in [0.15, 0.2) is 10.9 Å². The highest BCUT2D eigenvalue weighted by molar-refractivity contribution is 7.99. The molecular weight excluding hydrogens is 386 g/mol. The van der Waals surface area contributed by atoms with Gasteiger partial charge in [0.2, 0.25) is 5.91 Å². The van der Waals surface area contributed by atoms with Crippen molar-refractivity contribution in [2.45, 2.75) is 5.16 Å². The summed E-state index contributed by atoms with van der Waals surface area (Å²) >= 11 is 1.17. The number of ether oxygens (including phenoxy) is 1. The number of thioether (sulfide) groups is 1. The first kappa shape index (κ1) is 18.8. The number of aromatic amines is 1. The average molecular weight is 403 g/mol. The Morgan fingerprint density at radius 2 is 1.69 bits per heavy atom. The lowest BCUT2D eigenvalue weighted by molar-refractivity contribution is -0.113. The van der Waals surface area contributed by atoms with Gasteiger partial charge >= 0.3 is 0 Å². The van der Waals surface area contributed by atoms with Gasteiger partial charge < -0.3 is 15.0 Å². The standard InChI is InChI=1S/C22H17N3O3S/c26-20(14-29-22-24-17-11-5-4-10-16(17)21(27)25-22)23-18-12-6-7-13-19(18)28-15-8-2-1-3-9-15/h1-13H,14H2,(H,23,26)(H,24,25,27). The molecule has 4 aromatic rings. The van der Waals surface area contributed by atoms with Crippen molar-refractivity contribution in [1.82, 2.24) is 9.97 Å². The summed E-state index contributed by atoms with van der Waals surface area (Å²) in [6, 6.07) is 23.7. The van der Waals surface area contributed by atoms with E-state index in [0.29, 0.717) is 33.2 Å². The molecule has 0 fully saturated rings. The molecule has 0 spiro atoms. The molecule has 1 heterocycles. The third-order valence-electron chi connectivity index (χ3n) is 4.06. The van der Waals surface area contributed by atoms with Crippen LogP contribution in [0.25, 0.3) is 10.9 Å². The van der Waals surface area contributed by atoms with Crippen LogP contribution in [-0.2, 0) is 4.79 Å². The van der Waals surface area contributed by atoms with Gasteiger partial charge in [0.05, 0.1) is 22.3 Å². The first-order chi connectivity index (χ1) is 14.2. The van der Waals surface area contributed by atoms with Crippen LogP contribution in [0.4, 0.5) is 5.69 Å². The molecule has 7 heteroatoms. The highest BCUT2D eigenvalue weighted by Crippen LogP contribution is 2.29. The van der Waals surface area contributed by atoms with Crippen molar-refractivity contribution in [3.05, 3.63) is 89.2 Å². The zero-order chi connectivity index (χ0) is 20.1. The molecule has 3 aromatic carbocycles. The number of hydrogen-bond acceptors (Lipinski definition) is 5. The maximum Gasteiger partial charge on any atom is 0.259 e. The van der Waals surface area contributed by atoms with Crippen LogP contribution in [0.1, 0.15) is 0 Å². The van der Waals surface area contributed by atoms with Gasteiger partial charge in [-0.1, -0.05) is 54.2 Å². The van der Waals surface area contributed by atoms with Gasteiger partial charge in [-0.3, -0.25) is 9.59 Å². The third-order valence-corrected chi connectivity index (χ3v) is 4.94. The van der Waals surface area contributed by atoms with Crippen LogP contribution >= 0.6 is 11.8 Å². The molecule has 0 aliphatic carbocycles. The first-order valence-corrected chi connectivity index (χ1v) is 9.91. The van der Waals surface area contributed by atoms with Crippen LogP contribution < -0.4 is 15.6 Å². The number of fused-ring (bicyclic) bond motifs is 1. The number of hydrogen-bond donors (Lipinski definition) is 2. The second kappa shape index (κ2) is 8.62. The summed E-state index contributed by atoms with van der Waals surface area (Å²) in [6.45, 7) is 0. The molecule has 0 unspecified atom stereocenters. The van der Waals surface area contributed by atoms with Gasteiger partial charge in [0.1, 0.15) is 5.75 Å². The van der Waals surface area contributed by atoms with Crippen molar-refractivity contribution in [3.8, 4) is 11.5 Å². The van der Waals surface area contributed by atoms with Crippen LogP contribution in [0.2, 0.25) is 0 Å². The normalized spacial score (nSPS) is 10.6. The minimum Gasteiger partial charge on any atom is -0.455 e. The Hall–Kier alpha value is -3.58. The van der Waals surface area contributed by atoms with E-state index >= 15 is 0 Å². The van der Waals surface area contributed by atoms with Crippen molar-refractivity contribution in [2.24, 2.45) is 0 Å². The fraction of sp³-hybridized carbons (Fsp3) is 0.0455. The molecule has 29 heavy (non-hydrogen) atoms. The fourth-order valence-electron chi connectivity index (χ4n) is 2.73. The lowest BCUT2D eigenvalue weighted by Gasteiger charge is -2.12. The first-order valence-electron chi connectivity index (χ1n) is 8.93. The van der Waals surface area contributed by atoms with Crippen LogP contribution in [0.3, 0.4) is 0 Å². The van der Waals surface area contributed by atoms with Gasteiger partial charge in [0.25, 0.3) is 5.56 Å². The van der Waals surface area contributed by atoms with Gasteiger partial charge in [-0.2, -0.15) is 0 Å². The van der Waals surface area contributed by atoms with Crippen molar-refractivity contribution < 1.29 is 9.53 Å². The summed E-state index contributed by atoms with van der Waals surface area (Å²) in [5, 5.41) is 3.77. The van der Waals surface area contributed by atoms with Gasteiger partial charge in [-0.05, 0) is 36.4 Å². The number of carbonyl (C=O) groups is 1. The Morgan fingerprint density at radius 1 is 0.966 bits per heavy atom. The number of aromatic nitrogens is 2. The lowest BCUT2D eigenvalue weighted by atomic mass is 10.2. The predicted molar refractivity (Wildman–Crippen MR) is 115 cm³/mol. The molecule has 0 bridgehead atoms. The van der Waals surface area contributed by atoms with Crippen molar-refractivity contribution >= 4 is 34.3 Å². The smallest absolute Gasteiger partial charge is 0.259 e. The van der Waals surface area contributed by atoms with E-state index in [4.69, 9.17) is 4.74 Å². The number of para-hydroxylation sites is 4. The summed E-state index contributed by atoms with van der Waals surface area (Å²) in [5.41, 5.74) is 0.947. The summed E-state index contributed by atoms with van der Waals surface area (Å²) in [5.74, 6) is 1.10. The van der Waals surface area contributed by atoms with E-state index in [1.807, 2.05) is 48.5 Å². The van der Waals surface area contributed by atoms with Gasteiger partial charge in [0, 0.05) is 0 Å². The molecule has 1 aromatic heterocycles. The Labute approximate surface area is 171 Å². The number of nitrogens with one attached hydrogen (secondary N) is 2. The minimum absolute atomic E-state index is 0.0982. The number of rotatable bonds is 6. The topological polar surface area (TPSA) is 84.1 Å². The molecule has 0 radical (unpaired) electrons. The number of anilines is 1. The maximum atomic E-state index is 12.4. The Morgan fingerprint density at radius 3 is 2.55 bits per heavy atom. The summed E-state index contributed by atoms with van der Waals surface area (Å²) in [6.07, 6.45) is 0. The molecule has 6 nitrogen and oxygen atoms in total. The van der Waals surface area contributed by atoms with Crippen molar-refractivity contribution in [2.75, 3.05) is 11.1 Å². The van der Waals surface area contributed by atoms with Crippen LogP contribution in [0, 0.1) is 0 Å². The van der Waals surface area contributed by atoms with E-state index in [2.05, 4.69) is 15.3 Å². The van der Waals surface area contributed by atoms with E-state index in [9.17, 15) is 9.59 Å². The van der Waals surface area contributed by atoms with E-state index < -0.39 is 0 Å². The van der Waals surface area contributed by atoms with Crippen molar-refractivity contribution in [3.63, 3.8) is 0 Å². The highest BCUT2D eigenvalue weighted by atomic mass is 32.2. The Balaban J connectivity index is 1.44. The van der Waals surface area contributed by atoms with Gasteiger partial charge in [-0.25, -0.2) is 4.98 Å².